The molecule has 0 aromatic carbocycles. The van der Waals surface area contributed by atoms with Gasteiger partial charge in [0.15, 0.2) is 0 Å². The maximum absolute atomic E-state index is 12.4. The van der Waals surface area contributed by atoms with E-state index >= 15 is 0 Å². The number of likely N-dealkylation sites (tertiary alicyclic amines) is 1. The van der Waals surface area contributed by atoms with Gasteiger partial charge in [-0.15, -0.1) is 11.3 Å². The first-order chi connectivity index (χ1) is 11.7. The molecule has 1 saturated heterocycles. The first kappa shape index (κ1) is 17.0. The number of nitrogens with zero attached hydrogens (tertiary/aromatic N) is 3. The highest BCUT2D eigenvalue weighted by molar-refractivity contribution is 7.17. The zero-order valence-electron chi connectivity index (χ0n) is 14.1. The predicted octanol–water partition coefficient (Wildman–Crippen LogP) is 3.12. The summed E-state index contributed by atoms with van der Waals surface area (Å²) in [5.41, 5.74) is 1.74. The maximum atomic E-state index is 12.4. The maximum Gasteiger partial charge on any atom is 0.263 e. The number of carbonyl (C=O) groups excluding carboxylic acids is 1. The van der Waals surface area contributed by atoms with Crippen molar-refractivity contribution in [3.05, 3.63) is 35.1 Å². The van der Waals surface area contributed by atoms with Gasteiger partial charge in [-0.2, -0.15) is 0 Å². The molecule has 1 amide bonds. The zero-order chi connectivity index (χ0) is 16.8. The second kappa shape index (κ2) is 8.35. The minimum Gasteiger partial charge on any atom is -0.351 e. The number of rotatable bonds is 6. The van der Waals surface area contributed by atoms with Crippen LogP contribution in [0, 0.1) is 6.92 Å². The van der Waals surface area contributed by atoms with Crippen molar-refractivity contribution in [2.45, 2.75) is 32.6 Å². The van der Waals surface area contributed by atoms with E-state index in [0.29, 0.717) is 4.88 Å². The standard InChI is InChI=1S/C18H24N4OS/c1-14-16(24-18(21-14)15-7-5-8-19-13-15)17(23)20-9-6-12-22-10-3-2-4-11-22/h5,7-8,13H,2-4,6,9-12H2,1H3,(H,20,23). The van der Waals surface area contributed by atoms with Gasteiger partial charge >= 0.3 is 0 Å². The quantitative estimate of drug-likeness (QED) is 0.818. The Hall–Kier alpha value is -1.79. The molecular weight excluding hydrogens is 320 g/mol. The highest BCUT2D eigenvalue weighted by Crippen LogP contribution is 2.27. The SMILES string of the molecule is Cc1nc(-c2cccnc2)sc1C(=O)NCCCN1CCCCC1. The topological polar surface area (TPSA) is 58.1 Å². The summed E-state index contributed by atoms with van der Waals surface area (Å²) in [5.74, 6) is -0.0150. The average molecular weight is 344 g/mol. The van der Waals surface area contributed by atoms with Gasteiger partial charge in [0, 0.05) is 24.5 Å². The molecule has 2 aromatic rings. The van der Waals surface area contributed by atoms with Gasteiger partial charge in [0.1, 0.15) is 9.88 Å². The van der Waals surface area contributed by atoms with Gasteiger partial charge in [-0.25, -0.2) is 4.98 Å². The van der Waals surface area contributed by atoms with Gasteiger partial charge in [0.2, 0.25) is 0 Å². The highest BCUT2D eigenvalue weighted by Gasteiger charge is 2.16. The lowest BCUT2D eigenvalue weighted by Crippen LogP contribution is -2.33. The number of hydrogen-bond donors (Lipinski definition) is 1. The van der Waals surface area contributed by atoms with Crippen molar-refractivity contribution in [1.82, 2.24) is 20.2 Å². The molecule has 5 nitrogen and oxygen atoms in total. The van der Waals surface area contributed by atoms with Crippen molar-refractivity contribution in [3.8, 4) is 10.6 Å². The van der Waals surface area contributed by atoms with Crippen LogP contribution in [0.1, 0.15) is 41.0 Å². The summed E-state index contributed by atoms with van der Waals surface area (Å²) in [5, 5.41) is 3.88. The number of hydrogen-bond acceptors (Lipinski definition) is 5. The van der Waals surface area contributed by atoms with Crippen molar-refractivity contribution in [3.63, 3.8) is 0 Å². The molecule has 0 unspecified atom stereocenters. The van der Waals surface area contributed by atoms with Gasteiger partial charge in [-0.1, -0.05) is 6.42 Å². The Kier molecular flexibility index (Phi) is 5.93. The van der Waals surface area contributed by atoms with E-state index in [1.807, 2.05) is 19.1 Å². The molecule has 0 saturated carbocycles. The molecule has 1 aliphatic heterocycles. The molecular formula is C18H24N4OS. The molecule has 0 radical (unpaired) electrons. The van der Waals surface area contributed by atoms with Crippen molar-refractivity contribution in [1.29, 1.82) is 0 Å². The summed E-state index contributed by atoms with van der Waals surface area (Å²) in [7, 11) is 0. The number of aromatic nitrogens is 2. The fraction of sp³-hybridized carbons (Fsp3) is 0.500. The van der Waals surface area contributed by atoms with Gasteiger partial charge in [-0.3, -0.25) is 9.78 Å². The van der Waals surface area contributed by atoms with Crippen LogP contribution in [0.2, 0.25) is 0 Å². The molecule has 1 fully saturated rings. The number of thiazole rings is 1. The lowest BCUT2D eigenvalue weighted by atomic mass is 10.1. The van der Waals surface area contributed by atoms with Crippen molar-refractivity contribution < 1.29 is 4.79 Å². The van der Waals surface area contributed by atoms with Crippen LogP contribution in [0.25, 0.3) is 10.6 Å². The molecule has 3 heterocycles. The van der Waals surface area contributed by atoms with E-state index in [1.54, 1.807) is 12.4 Å². The van der Waals surface area contributed by atoms with E-state index in [2.05, 4.69) is 20.2 Å². The van der Waals surface area contributed by atoms with Crippen LogP contribution in [0.4, 0.5) is 0 Å². The number of nitrogens with one attached hydrogen (secondary N) is 1. The van der Waals surface area contributed by atoms with Crippen LogP contribution in [0.15, 0.2) is 24.5 Å². The van der Waals surface area contributed by atoms with Crippen molar-refractivity contribution in [2.24, 2.45) is 0 Å². The summed E-state index contributed by atoms with van der Waals surface area (Å²) in [6.07, 6.45) is 8.49. The zero-order valence-corrected chi connectivity index (χ0v) is 14.9. The Morgan fingerprint density at radius 2 is 2.17 bits per heavy atom. The Morgan fingerprint density at radius 3 is 2.92 bits per heavy atom. The van der Waals surface area contributed by atoms with Crippen molar-refractivity contribution in [2.75, 3.05) is 26.2 Å². The first-order valence-corrected chi connectivity index (χ1v) is 9.44. The molecule has 6 heteroatoms. The third kappa shape index (κ3) is 4.39. The second-order valence-electron chi connectivity index (χ2n) is 6.19. The Morgan fingerprint density at radius 1 is 1.33 bits per heavy atom. The highest BCUT2D eigenvalue weighted by atomic mass is 32.1. The fourth-order valence-corrected chi connectivity index (χ4v) is 3.96. The van der Waals surface area contributed by atoms with E-state index in [0.717, 1.165) is 35.8 Å². The molecule has 24 heavy (non-hydrogen) atoms. The Bertz CT molecular complexity index is 665. The lowest BCUT2D eigenvalue weighted by Gasteiger charge is -2.26. The Labute approximate surface area is 147 Å². The summed E-state index contributed by atoms with van der Waals surface area (Å²) in [6, 6.07) is 3.85. The number of amides is 1. The molecule has 0 spiro atoms. The monoisotopic (exact) mass is 344 g/mol. The molecule has 3 rings (SSSR count). The average Bonchev–Trinajstić information content (AvgIpc) is 3.02. The predicted molar refractivity (Wildman–Crippen MR) is 97.3 cm³/mol. The van der Waals surface area contributed by atoms with E-state index in [-0.39, 0.29) is 5.91 Å². The number of pyridine rings is 1. The minimum absolute atomic E-state index is 0.0150. The Balaban J connectivity index is 1.51. The summed E-state index contributed by atoms with van der Waals surface area (Å²) in [6.45, 7) is 6.09. The van der Waals surface area contributed by atoms with Crippen LogP contribution in [-0.2, 0) is 0 Å². The summed E-state index contributed by atoms with van der Waals surface area (Å²) < 4.78 is 0. The van der Waals surface area contributed by atoms with Crippen molar-refractivity contribution >= 4 is 17.2 Å². The molecule has 128 valence electrons. The summed E-state index contributed by atoms with van der Waals surface area (Å²) in [4.78, 5) is 24.2. The third-order valence-corrected chi connectivity index (χ3v) is 5.50. The molecule has 2 aromatic heterocycles. The van der Waals surface area contributed by atoms with Gasteiger partial charge in [0.05, 0.1) is 5.69 Å². The van der Waals surface area contributed by atoms with Gasteiger partial charge in [-0.05, 0) is 58.0 Å². The minimum atomic E-state index is -0.0150. The van der Waals surface area contributed by atoms with Crippen LogP contribution >= 0.6 is 11.3 Å². The summed E-state index contributed by atoms with van der Waals surface area (Å²) >= 11 is 1.43. The van der Waals surface area contributed by atoms with E-state index < -0.39 is 0 Å². The van der Waals surface area contributed by atoms with Crippen LogP contribution in [0.3, 0.4) is 0 Å². The van der Waals surface area contributed by atoms with Crippen LogP contribution in [0.5, 0.6) is 0 Å². The molecule has 1 aliphatic rings. The van der Waals surface area contributed by atoms with E-state index in [1.165, 1.54) is 43.7 Å². The third-order valence-electron chi connectivity index (χ3n) is 4.30. The van der Waals surface area contributed by atoms with Crippen LogP contribution in [-0.4, -0.2) is 47.0 Å². The number of carbonyl (C=O) groups is 1. The molecule has 0 atom stereocenters. The smallest absolute Gasteiger partial charge is 0.263 e. The van der Waals surface area contributed by atoms with Gasteiger partial charge < -0.3 is 10.2 Å². The molecule has 0 bridgehead atoms. The first-order valence-electron chi connectivity index (χ1n) is 8.62. The van der Waals surface area contributed by atoms with E-state index in [4.69, 9.17) is 0 Å². The fourth-order valence-electron chi connectivity index (χ4n) is 2.99. The number of aryl methyl sites for hydroxylation is 1. The normalized spacial score (nSPS) is 15.4. The lowest BCUT2D eigenvalue weighted by molar-refractivity contribution is 0.0954. The van der Waals surface area contributed by atoms with Crippen LogP contribution < -0.4 is 5.32 Å². The van der Waals surface area contributed by atoms with E-state index in [9.17, 15) is 4.79 Å². The largest absolute Gasteiger partial charge is 0.351 e. The second-order valence-corrected chi connectivity index (χ2v) is 7.19. The number of piperidine rings is 1. The molecule has 1 N–H and O–H groups in total. The molecule has 0 aliphatic carbocycles. The van der Waals surface area contributed by atoms with Gasteiger partial charge in [0.25, 0.3) is 5.91 Å².